The van der Waals surface area contributed by atoms with Crippen molar-refractivity contribution in [3.63, 3.8) is 0 Å². The molecule has 1 aromatic rings. The van der Waals surface area contributed by atoms with Crippen LogP contribution >= 0.6 is 0 Å². The van der Waals surface area contributed by atoms with Crippen molar-refractivity contribution >= 4 is 11.6 Å². The highest BCUT2D eigenvalue weighted by Crippen LogP contribution is 2.51. The van der Waals surface area contributed by atoms with E-state index in [1.54, 1.807) is 0 Å². The highest BCUT2D eigenvalue weighted by molar-refractivity contribution is 5.56. The zero-order valence-corrected chi connectivity index (χ0v) is 10.7. The number of nitrogens with two attached hydrogens (primary N) is 1. The highest BCUT2D eigenvalue weighted by atomic mass is 15.3. The SMILES string of the molecule is CCc1c(NN)ncnc1NCC1CC1(C)C. The lowest BCUT2D eigenvalue weighted by Crippen LogP contribution is -2.15. The molecule has 5 heteroatoms. The molecular formula is C12H21N5. The van der Waals surface area contributed by atoms with Gasteiger partial charge in [0, 0.05) is 12.1 Å². The third-order valence-corrected chi connectivity index (χ3v) is 3.67. The molecular weight excluding hydrogens is 214 g/mol. The average molecular weight is 235 g/mol. The fraction of sp³-hybridized carbons (Fsp3) is 0.667. The highest BCUT2D eigenvalue weighted by Gasteiger charge is 2.45. The van der Waals surface area contributed by atoms with E-state index in [1.165, 1.54) is 12.7 Å². The van der Waals surface area contributed by atoms with Gasteiger partial charge in [0.15, 0.2) is 0 Å². The van der Waals surface area contributed by atoms with Crippen molar-refractivity contribution in [2.45, 2.75) is 33.6 Å². The molecule has 1 heterocycles. The van der Waals surface area contributed by atoms with Crippen molar-refractivity contribution < 1.29 is 0 Å². The standard InChI is InChI=1S/C12H21N5/c1-4-9-10(15-7-16-11(9)17-13)14-6-8-5-12(8,2)3/h7-8H,4-6,13H2,1-3H3,(H2,14,15,16,17). The molecule has 4 N–H and O–H groups in total. The average Bonchev–Trinajstić information content (AvgIpc) is 2.93. The Morgan fingerprint density at radius 1 is 1.41 bits per heavy atom. The van der Waals surface area contributed by atoms with Gasteiger partial charge in [0.05, 0.1) is 0 Å². The number of nitrogens with one attached hydrogen (secondary N) is 2. The lowest BCUT2D eigenvalue weighted by Gasteiger charge is -2.13. The predicted molar refractivity (Wildman–Crippen MR) is 69.6 cm³/mol. The molecule has 0 aromatic carbocycles. The summed E-state index contributed by atoms with van der Waals surface area (Å²) in [6.45, 7) is 7.65. The van der Waals surface area contributed by atoms with E-state index in [-0.39, 0.29) is 0 Å². The van der Waals surface area contributed by atoms with Gasteiger partial charge in [-0.2, -0.15) is 0 Å². The predicted octanol–water partition coefficient (Wildman–Crippen LogP) is 1.78. The molecule has 0 radical (unpaired) electrons. The van der Waals surface area contributed by atoms with Gasteiger partial charge in [-0.3, -0.25) is 0 Å². The summed E-state index contributed by atoms with van der Waals surface area (Å²) in [6, 6.07) is 0. The second-order valence-corrected chi connectivity index (χ2v) is 5.32. The van der Waals surface area contributed by atoms with E-state index >= 15 is 0 Å². The van der Waals surface area contributed by atoms with Crippen molar-refractivity contribution in [3.05, 3.63) is 11.9 Å². The number of aromatic nitrogens is 2. The van der Waals surface area contributed by atoms with Crippen LogP contribution < -0.4 is 16.6 Å². The van der Waals surface area contributed by atoms with Crippen LogP contribution in [-0.2, 0) is 6.42 Å². The molecule has 1 unspecified atom stereocenters. The van der Waals surface area contributed by atoms with Gasteiger partial charge in [-0.05, 0) is 24.2 Å². The molecule has 1 aliphatic rings. The Hall–Kier alpha value is -1.36. The molecule has 1 aromatic heterocycles. The van der Waals surface area contributed by atoms with Gasteiger partial charge in [-0.25, -0.2) is 15.8 Å². The monoisotopic (exact) mass is 235 g/mol. The molecule has 94 valence electrons. The maximum atomic E-state index is 5.44. The molecule has 1 fully saturated rings. The summed E-state index contributed by atoms with van der Waals surface area (Å²) in [4.78, 5) is 8.40. The minimum atomic E-state index is 0.487. The van der Waals surface area contributed by atoms with Crippen LogP contribution in [0.2, 0.25) is 0 Å². The topological polar surface area (TPSA) is 75.9 Å². The summed E-state index contributed by atoms with van der Waals surface area (Å²) in [5.74, 6) is 7.79. The van der Waals surface area contributed by atoms with E-state index in [9.17, 15) is 0 Å². The van der Waals surface area contributed by atoms with Crippen molar-refractivity contribution in [3.8, 4) is 0 Å². The largest absolute Gasteiger partial charge is 0.369 e. The molecule has 0 amide bonds. The van der Waals surface area contributed by atoms with Gasteiger partial charge in [-0.15, -0.1) is 0 Å². The minimum Gasteiger partial charge on any atom is -0.369 e. The number of rotatable bonds is 5. The second kappa shape index (κ2) is 4.49. The lowest BCUT2D eigenvalue weighted by molar-refractivity contribution is 0.572. The summed E-state index contributed by atoms with van der Waals surface area (Å²) in [5.41, 5.74) is 4.15. The molecule has 17 heavy (non-hydrogen) atoms. The zero-order chi connectivity index (χ0) is 12.5. The normalized spacial score (nSPS) is 21.1. The first-order valence-corrected chi connectivity index (χ1v) is 6.13. The molecule has 2 rings (SSSR count). The van der Waals surface area contributed by atoms with Crippen molar-refractivity contribution in [1.82, 2.24) is 9.97 Å². The molecule has 5 nitrogen and oxygen atoms in total. The number of hydrogen-bond acceptors (Lipinski definition) is 5. The van der Waals surface area contributed by atoms with E-state index < -0.39 is 0 Å². The van der Waals surface area contributed by atoms with Crippen LogP contribution in [0, 0.1) is 11.3 Å². The van der Waals surface area contributed by atoms with Crippen LogP contribution in [0.3, 0.4) is 0 Å². The summed E-state index contributed by atoms with van der Waals surface area (Å²) >= 11 is 0. The first kappa shape index (κ1) is 12.1. The molecule has 0 aliphatic heterocycles. The second-order valence-electron chi connectivity index (χ2n) is 5.32. The summed E-state index contributed by atoms with van der Waals surface area (Å²) < 4.78 is 0. The first-order chi connectivity index (χ1) is 8.08. The summed E-state index contributed by atoms with van der Waals surface area (Å²) in [5, 5.41) is 3.41. The van der Waals surface area contributed by atoms with Gasteiger partial charge in [-0.1, -0.05) is 20.8 Å². The molecule has 1 saturated carbocycles. The third kappa shape index (κ3) is 2.49. The van der Waals surface area contributed by atoms with Gasteiger partial charge in [0.2, 0.25) is 0 Å². The fourth-order valence-electron chi connectivity index (χ4n) is 2.17. The van der Waals surface area contributed by atoms with Gasteiger partial charge in [0.1, 0.15) is 18.0 Å². The molecule has 1 atom stereocenters. The van der Waals surface area contributed by atoms with Crippen molar-refractivity contribution in [2.75, 3.05) is 17.3 Å². The number of nitrogens with zero attached hydrogens (tertiary/aromatic N) is 2. The van der Waals surface area contributed by atoms with Gasteiger partial charge >= 0.3 is 0 Å². The van der Waals surface area contributed by atoms with Crippen LogP contribution in [0.4, 0.5) is 11.6 Å². The third-order valence-electron chi connectivity index (χ3n) is 3.67. The summed E-state index contributed by atoms with van der Waals surface area (Å²) in [6.07, 6.45) is 3.68. The van der Waals surface area contributed by atoms with E-state index in [2.05, 4.69) is 41.5 Å². The smallest absolute Gasteiger partial charge is 0.148 e. The number of anilines is 2. The first-order valence-electron chi connectivity index (χ1n) is 6.13. The zero-order valence-electron chi connectivity index (χ0n) is 10.7. The molecule has 0 saturated heterocycles. The molecule has 1 aliphatic carbocycles. The van der Waals surface area contributed by atoms with E-state index in [0.717, 1.165) is 30.3 Å². The van der Waals surface area contributed by atoms with Gasteiger partial charge < -0.3 is 10.7 Å². The Labute approximate surface area is 102 Å². The van der Waals surface area contributed by atoms with Crippen molar-refractivity contribution in [1.29, 1.82) is 0 Å². The fourth-order valence-corrected chi connectivity index (χ4v) is 2.17. The maximum absolute atomic E-state index is 5.44. The maximum Gasteiger partial charge on any atom is 0.148 e. The van der Waals surface area contributed by atoms with E-state index in [0.29, 0.717) is 11.2 Å². The van der Waals surface area contributed by atoms with Crippen LogP contribution in [0.25, 0.3) is 0 Å². The van der Waals surface area contributed by atoms with E-state index in [1.807, 2.05) is 0 Å². The Kier molecular flexibility index (Phi) is 3.19. The Morgan fingerprint density at radius 2 is 2.06 bits per heavy atom. The van der Waals surface area contributed by atoms with Crippen molar-refractivity contribution in [2.24, 2.45) is 17.2 Å². The van der Waals surface area contributed by atoms with Crippen LogP contribution in [0.15, 0.2) is 6.33 Å². The van der Waals surface area contributed by atoms with E-state index in [4.69, 9.17) is 5.84 Å². The van der Waals surface area contributed by atoms with Crippen LogP contribution in [0.5, 0.6) is 0 Å². The van der Waals surface area contributed by atoms with Gasteiger partial charge in [0.25, 0.3) is 0 Å². The number of nitrogen functional groups attached to an aromatic ring is 1. The Bertz CT molecular complexity index is 402. The number of hydrogen-bond donors (Lipinski definition) is 3. The minimum absolute atomic E-state index is 0.487. The quantitative estimate of drug-likeness (QED) is 0.536. The van der Waals surface area contributed by atoms with Crippen LogP contribution in [0.1, 0.15) is 32.8 Å². The Morgan fingerprint density at radius 3 is 2.59 bits per heavy atom. The summed E-state index contributed by atoms with van der Waals surface area (Å²) in [7, 11) is 0. The molecule has 0 spiro atoms. The molecule has 0 bridgehead atoms. The lowest BCUT2D eigenvalue weighted by atomic mass is 10.1. The van der Waals surface area contributed by atoms with Crippen LogP contribution in [-0.4, -0.2) is 16.5 Å². The Balaban J connectivity index is 2.05. The number of hydrazine groups is 1.